The van der Waals surface area contributed by atoms with Crippen molar-refractivity contribution in [1.82, 2.24) is 5.32 Å². The third kappa shape index (κ3) is 1.99. The minimum absolute atomic E-state index is 0.496. The average Bonchev–Trinajstić information content (AvgIpc) is 2.21. The number of hydrogen-bond donors (Lipinski definition) is 1. The molecule has 0 aromatic rings. The molecule has 2 saturated heterocycles. The lowest BCUT2D eigenvalue weighted by molar-refractivity contribution is -0.00974. The molecule has 2 atom stereocenters. The Morgan fingerprint density at radius 3 is 3.00 bits per heavy atom. The van der Waals surface area contributed by atoms with Crippen LogP contribution in [0.5, 0.6) is 0 Å². The van der Waals surface area contributed by atoms with E-state index in [1.807, 2.05) is 0 Å². The lowest BCUT2D eigenvalue weighted by atomic mass is 9.95. The van der Waals surface area contributed by atoms with Gasteiger partial charge in [-0.25, -0.2) is 0 Å². The molecule has 1 radical (unpaired) electrons. The Morgan fingerprint density at radius 1 is 1.33 bits per heavy atom. The molecule has 0 spiro atoms. The van der Waals surface area contributed by atoms with Crippen molar-refractivity contribution < 1.29 is 4.74 Å². The number of hydrogen-bond acceptors (Lipinski definition) is 2. The van der Waals surface area contributed by atoms with Crippen LogP contribution in [0.1, 0.15) is 32.1 Å². The van der Waals surface area contributed by atoms with Crippen LogP contribution in [0.3, 0.4) is 0 Å². The van der Waals surface area contributed by atoms with Crippen LogP contribution in [0, 0.1) is 6.42 Å². The Labute approximate surface area is 74.7 Å². The number of nitrogens with one attached hydrogen (secondary N) is 1. The first kappa shape index (κ1) is 8.52. The zero-order chi connectivity index (χ0) is 8.23. The highest BCUT2D eigenvalue weighted by Crippen LogP contribution is 2.20. The van der Waals surface area contributed by atoms with Gasteiger partial charge in [0, 0.05) is 12.6 Å². The van der Waals surface area contributed by atoms with E-state index in [1.165, 1.54) is 32.1 Å². The molecular formula is C10H18NO. The van der Waals surface area contributed by atoms with E-state index in [-0.39, 0.29) is 0 Å². The van der Waals surface area contributed by atoms with Crippen molar-refractivity contribution in [2.75, 3.05) is 13.2 Å². The van der Waals surface area contributed by atoms with Crippen molar-refractivity contribution in [1.29, 1.82) is 0 Å². The smallest absolute Gasteiger partial charge is 0.0728 e. The molecule has 0 aliphatic carbocycles. The Kier molecular flexibility index (Phi) is 3.01. The van der Waals surface area contributed by atoms with E-state index < -0.39 is 0 Å². The SMILES string of the molecule is [CH]1CCNC(C2CCCCO2)C1. The van der Waals surface area contributed by atoms with Gasteiger partial charge in [0.1, 0.15) is 0 Å². The maximum Gasteiger partial charge on any atom is 0.0728 e. The molecule has 69 valence electrons. The molecule has 2 heterocycles. The van der Waals surface area contributed by atoms with Gasteiger partial charge in [0.05, 0.1) is 6.10 Å². The molecule has 2 unspecified atom stereocenters. The van der Waals surface area contributed by atoms with Crippen molar-refractivity contribution in [3.63, 3.8) is 0 Å². The number of ether oxygens (including phenoxy) is 1. The summed E-state index contributed by atoms with van der Waals surface area (Å²) in [5, 5.41) is 3.53. The van der Waals surface area contributed by atoms with E-state index in [0.717, 1.165) is 13.2 Å². The standard InChI is InChI=1S/C10H18NO/c1-3-7-11-9(5-1)10-6-2-4-8-12-10/h1,9-11H,2-8H2. The van der Waals surface area contributed by atoms with E-state index in [2.05, 4.69) is 11.7 Å². The topological polar surface area (TPSA) is 21.3 Å². The molecule has 0 bridgehead atoms. The summed E-state index contributed by atoms with van der Waals surface area (Å²) >= 11 is 0. The van der Waals surface area contributed by atoms with Crippen LogP contribution >= 0.6 is 0 Å². The van der Waals surface area contributed by atoms with E-state index in [1.54, 1.807) is 0 Å². The molecule has 2 aliphatic rings. The first-order valence-electron chi connectivity index (χ1n) is 5.13. The highest BCUT2D eigenvalue weighted by atomic mass is 16.5. The summed E-state index contributed by atoms with van der Waals surface area (Å²) in [7, 11) is 0. The van der Waals surface area contributed by atoms with Crippen molar-refractivity contribution in [3.05, 3.63) is 6.42 Å². The first-order valence-corrected chi connectivity index (χ1v) is 5.13. The maximum absolute atomic E-state index is 5.73. The molecule has 1 N–H and O–H groups in total. The molecule has 0 amide bonds. The zero-order valence-electron chi connectivity index (χ0n) is 7.59. The van der Waals surface area contributed by atoms with Gasteiger partial charge >= 0.3 is 0 Å². The van der Waals surface area contributed by atoms with Gasteiger partial charge in [-0.1, -0.05) is 0 Å². The molecule has 2 fully saturated rings. The summed E-state index contributed by atoms with van der Waals surface area (Å²) in [4.78, 5) is 0. The Morgan fingerprint density at radius 2 is 2.33 bits per heavy atom. The van der Waals surface area contributed by atoms with Gasteiger partial charge in [0.25, 0.3) is 0 Å². The fraction of sp³-hybridized carbons (Fsp3) is 0.900. The predicted octanol–water partition coefficient (Wildman–Crippen LogP) is 1.51. The molecule has 12 heavy (non-hydrogen) atoms. The van der Waals surface area contributed by atoms with E-state index in [0.29, 0.717) is 12.1 Å². The highest BCUT2D eigenvalue weighted by Gasteiger charge is 2.25. The van der Waals surface area contributed by atoms with Crippen LogP contribution in [0.4, 0.5) is 0 Å². The van der Waals surface area contributed by atoms with Gasteiger partial charge in [0.2, 0.25) is 0 Å². The Balaban J connectivity index is 1.80. The summed E-state index contributed by atoms with van der Waals surface area (Å²) in [5.41, 5.74) is 0. The average molecular weight is 168 g/mol. The second-order valence-corrected chi connectivity index (χ2v) is 3.78. The van der Waals surface area contributed by atoms with Gasteiger partial charge in [-0.15, -0.1) is 0 Å². The monoisotopic (exact) mass is 168 g/mol. The lowest BCUT2D eigenvalue weighted by Gasteiger charge is -2.33. The fourth-order valence-corrected chi connectivity index (χ4v) is 2.12. The van der Waals surface area contributed by atoms with Gasteiger partial charge in [-0.3, -0.25) is 0 Å². The molecule has 2 nitrogen and oxygen atoms in total. The molecule has 2 rings (SSSR count). The second kappa shape index (κ2) is 4.24. The number of piperidine rings is 1. The van der Waals surface area contributed by atoms with Crippen LogP contribution in [-0.2, 0) is 4.74 Å². The van der Waals surface area contributed by atoms with E-state index in [4.69, 9.17) is 4.74 Å². The van der Waals surface area contributed by atoms with Crippen molar-refractivity contribution in [2.45, 2.75) is 44.2 Å². The number of rotatable bonds is 1. The lowest BCUT2D eigenvalue weighted by Crippen LogP contribution is -2.45. The van der Waals surface area contributed by atoms with Crippen LogP contribution < -0.4 is 5.32 Å². The summed E-state index contributed by atoms with van der Waals surface area (Å²) < 4.78 is 5.73. The summed E-state index contributed by atoms with van der Waals surface area (Å²) in [6.45, 7) is 2.12. The second-order valence-electron chi connectivity index (χ2n) is 3.78. The van der Waals surface area contributed by atoms with Crippen LogP contribution in [-0.4, -0.2) is 25.3 Å². The quantitative estimate of drug-likeness (QED) is 0.641. The van der Waals surface area contributed by atoms with E-state index in [9.17, 15) is 0 Å². The van der Waals surface area contributed by atoms with Crippen molar-refractivity contribution in [3.8, 4) is 0 Å². The van der Waals surface area contributed by atoms with Crippen LogP contribution in [0.15, 0.2) is 0 Å². The molecule has 0 aromatic carbocycles. The fourth-order valence-electron chi connectivity index (χ4n) is 2.12. The largest absolute Gasteiger partial charge is 0.377 e. The maximum atomic E-state index is 5.73. The Bertz CT molecular complexity index is 110. The predicted molar refractivity (Wildman–Crippen MR) is 48.9 cm³/mol. The minimum atomic E-state index is 0.496. The van der Waals surface area contributed by atoms with Crippen molar-refractivity contribution >= 4 is 0 Å². The van der Waals surface area contributed by atoms with E-state index >= 15 is 0 Å². The van der Waals surface area contributed by atoms with Crippen LogP contribution in [0.2, 0.25) is 0 Å². The third-order valence-corrected chi connectivity index (χ3v) is 2.84. The van der Waals surface area contributed by atoms with Gasteiger partial charge in [-0.05, 0) is 45.1 Å². The highest BCUT2D eigenvalue weighted by molar-refractivity contribution is 4.88. The molecular weight excluding hydrogens is 150 g/mol. The summed E-state index contributed by atoms with van der Waals surface area (Å²) in [5.74, 6) is 0. The summed E-state index contributed by atoms with van der Waals surface area (Å²) in [6.07, 6.45) is 9.17. The van der Waals surface area contributed by atoms with Gasteiger partial charge in [0.15, 0.2) is 0 Å². The first-order chi connectivity index (χ1) is 5.97. The minimum Gasteiger partial charge on any atom is -0.377 e. The Hall–Kier alpha value is -0.0800. The molecule has 0 aromatic heterocycles. The summed E-state index contributed by atoms with van der Waals surface area (Å²) in [6, 6.07) is 0.610. The van der Waals surface area contributed by atoms with Gasteiger partial charge in [-0.2, -0.15) is 0 Å². The molecule has 2 aliphatic heterocycles. The van der Waals surface area contributed by atoms with Crippen molar-refractivity contribution in [2.24, 2.45) is 0 Å². The zero-order valence-corrected chi connectivity index (χ0v) is 7.59. The molecule has 2 heteroatoms. The third-order valence-electron chi connectivity index (χ3n) is 2.84. The van der Waals surface area contributed by atoms with Crippen LogP contribution in [0.25, 0.3) is 0 Å². The normalized spacial score (nSPS) is 38.0. The van der Waals surface area contributed by atoms with Gasteiger partial charge < -0.3 is 10.1 Å². The molecule has 0 saturated carbocycles.